The number of anilines is 1. The third-order valence-electron chi connectivity index (χ3n) is 3.86. The first-order valence-electron chi connectivity index (χ1n) is 6.34. The quantitative estimate of drug-likeness (QED) is 0.903. The Labute approximate surface area is 128 Å². The van der Waals surface area contributed by atoms with Gasteiger partial charge < -0.3 is 10.1 Å². The number of rotatable bonds is 4. The number of benzene rings is 1. The summed E-state index contributed by atoms with van der Waals surface area (Å²) < 4.78 is 5.29. The van der Waals surface area contributed by atoms with Crippen molar-refractivity contribution in [2.24, 2.45) is 17.3 Å². The molecule has 5 heteroatoms. The molecule has 0 spiro atoms. The van der Waals surface area contributed by atoms with Crippen molar-refractivity contribution in [3.63, 3.8) is 0 Å². The van der Waals surface area contributed by atoms with Crippen LogP contribution in [0.4, 0.5) is 5.69 Å². The molecule has 0 heterocycles. The molecule has 108 valence electrons. The summed E-state index contributed by atoms with van der Waals surface area (Å²) in [6.07, 6.45) is 1.74. The highest BCUT2D eigenvalue weighted by atomic mass is 35.5. The molecule has 2 atom stereocenters. The average molecular weight is 314 g/mol. The molecule has 0 unspecified atom stereocenters. The van der Waals surface area contributed by atoms with Crippen molar-refractivity contribution >= 4 is 34.8 Å². The van der Waals surface area contributed by atoms with Gasteiger partial charge in [-0.1, -0.05) is 37.0 Å². The highest BCUT2D eigenvalue weighted by Crippen LogP contribution is 2.60. The van der Waals surface area contributed by atoms with Gasteiger partial charge in [-0.25, -0.2) is 0 Å². The summed E-state index contributed by atoms with van der Waals surface area (Å²) in [4.78, 5) is 12.3. The van der Waals surface area contributed by atoms with Gasteiger partial charge in [0.15, 0.2) is 0 Å². The SMILES string of the molecule is COc1ccc(NC(=O)[C@H]2[C@@H](C=C(Cl)Cl)C2(C)C)cc1. The highest BCUT2D eigenvalue weighted by molar-refractivity contribution is 6.55. The van der Waals surface area contributed by atoms with E-state index in [4.69, 9.17) is 27.9 Å². The molecule has 3 nitrogen and oxygen atoms in total. The maximum Gasteiger partial charge on any atom is 0.228 e. The molecule has 0 saturated heterocycles. The monoisotopic (exact) mass is 313 g/mol. The molecule has 0 aromatic heterocycles. The summed E-state index contributed by atoms with van der Waals surface area (Å²) in [6.45, 7) is 4.06. The molecule has 0 radical (unpaired) electrons. The summed E-state index contributed by atoms with van der Waals surface area (Å²) in [7, 11) is 1.60. The van der Waals surface area contributed by atoms with Crippen molar-refractivity contribution in [1.29, 1.82) is 0 Å². The van der Waals surface area contributed by atoms with Gasteiger partial charge in [-0.3, -0.25) is 4.79 Å². The van der Waals surface area contributed by atoms with E-state index in [1.165, 1.54) is 0 Å². The van der Waals surface area contributed by atoms with Crippen LogP contribution in [0.1, 0.15) is 13.8 Å². The van der Waals surface area contributed by atoms with E-state index >= 15 is 0 Å². The van der Waals surface area contributed by atoms with Crippen LogP contribution in [-0.2, 0) is 4.79 Å². The number of methoxy groups -OCH3 is 1. The van der Waals surface area contributed by atoms with Gasteiger partial charge in [-0.15, -0.1) is 0 Å². The average Bonchev–Trinajstić information content (AvgIpc) is 2.91. The molecule has 1 aliphatic carbocycles. The number of hydrogen-bond acceptors (Lipinski definition) is 2. The Bertz CT molecular complexity index is 533. The molecule has 1 fully saturated rings. The summed E-state index contributed by atoms with van der Waals surface area (Å²) >= 11 is 11.4. The van der Waals surface area contributed by atoms with Crippen molar-refractivity contribution in [2.75, 3.05) is 12.4 Å². The Morgan fingerprint density at radius 2 is 1.90 bits per heavy atom. The number of carbonyl (C=O) groups excluding carboxylic acids is 1. The van der Waals surface area contributed by atoms with Crippen LogP contribution in [0.25, 0.3) is 0 Å². The number of allylic oxidation sites excluding steroid dienone is 1. The fraction of sp³-hybridized carbons (Fsp3) is 0.400. The molecule has 1 aromatic carbocycles. The van der Waals surface area contributed by atoms with Crippen molar-refractivity contribution < 1.29 is 9.53 Å². The minimum absolute atomic E-state index is 0.0176. The lowest BCUT2D eigenvalue weighted by Crippen LogP contribution is -2.16. The van der Waals surface area contributed by atoms with Gasteiger partial charge in [-0.05, 0) is 41.7 Å². The summed E-state index contributed by atoms with van der Waals surface area (Å²) in [5.41, 5.74) is 0.629. The number of carbonyl (C=O) groups is 1. The fourth-order valence-corrected chi connectivity index (χ4v) is 2.79. The second kappa shape index (κ2) is 5.66. The largest absolute Gasteiger partial charge is 0.497 e. The maximum atomic E-state index is 12.3. The highest BCUT2D eigenvalue weighted by Gasteiger charge is 2.60. The van der Waals surface area contributed by atoms with E-state index in [0.29, 0.717) is 0 Å². The van der Waals surface area contributed by atoms with E-state index in [-0.39, 0.29) is 27.6 Å². The van der Waals surface area contributed by atoms with Crippen LogP contribution in [0, 0.1) is 17.3 Å². The van der Waals surface area contributed by atoms with Crippen molar-refractivity contribution in [3.8, 4) is 5.75 Å². The van der Waals surface area contributed by atoms with Crippen molar-refractivity contribution in [3.05, 3.63) is 34.8 Å². The second-order valence-corrected chi connectivity index (χ2v) is 6.51. The van der Waals surface area contributed by atoms with Crippen LogP contribution in [0.15, 0.2) is 34.8 Å². The number of hydrogen-bond donors (Lipinski definition) is 1. The van der Waals surface area contributed by atoms with E-state index < -0.39 is 0 Å². The Morgan fingerprint density at radius 1 is 1.30 bits per heavy atom. The van der Waals surface area contributed by atoms with Crippen molar-refractivity contribution in [1.82, 2.24) is 0 Å². The summed E-state index contributed by atoms with van der Waals surface area (Å²) in [5.74, 6) is 0.698. The smallest absolute Gasteiger partial charge is 0.228 e. The second-order valence-electron chi connectivity index (χ2n) is 5.50. The Morgan fingerprint density at radius 3 is 2.40 bits per heavy atom. The van der Waals surface area contributed by atoms with Crippen LogP contribution in [0.2, 0.25) is 0 Å². The topological polar surface area (TPSA) is 38.3 Å². The van der Waals surface area contributed by atoms with Gasteiger partial charge >= 0.3 is 0 Å². The molecule has 0 aliphatic heterocycles. The Hall–Kier alpha value is -1.19. The molecule has 1 aromatic rings. The van der Waals surface area contributed by atoms with E-state index in [9.17, 15) is 4.79 Å². The lowest BCUT2D eigenvalue weighted by Gasteiger charge is -2.07. The van der Waals surface area contributed by atoms with Crippen molar-refractivity contribution in [2.45, 2.75) is 13.8 Å². The van der Waals surface area contributed by atoms with Crippen LogP contribution in [0.5, 0.6) is 5.75 Å². The Kier molecular flexibility index (Phi) is 4.31. The summed E-state index contributed by atoms with van der Waals surface area (Å²) in [5, 5.41) is 2.90. The molecule has 20 heavy (non-hydrogen) atoms. The zero-order valence-electron chi connectivity index (χ0n) is 11.6. The van der Waals surface area contributed by atoms with Crippen LogP contribution in [-0.4, -0.2) is 13.0 Å². The number of halogens is 2. The predicted molar refractivity (Wildman–Crippen MR) is 82.2 cm³/mol. The van der Waals surface area contributed by atoms with E-state index in [0.717, 1.165) is 11.4 Å². The van der Waals surface area contributed by atoms with Gasteiger partial charge in [-0.2, -0.15) is 0 Å². The third kappa shape index (κ3) is 3.10. The molecular weight excluding hydrogens is 297 g/mol. The zero-order valence-corrected chi connectivity index (χ0v) is 13.1. The predicted octanol–water partition coefficient (Wildman–Crippen LogP) is 4.22. The van der Waals surface area contributed by atoms with Crippen LogP contribution in [0.3, 0.4) is 0 Å². The molecule has 2 rings (SSSR count). The number of amides is 1. The third-order valence-corrected chi connectivity index (χ3v) is 4.11. The van der Waals surface area contributed by atoms with Crippen LogP contribution < -0.4 is 10.1 Å². The van der Waals surface area contributed by atoms with Gasteiger partial charge in [0.25, 0.3) is 0 Å². The molecule has 1 N–H and O–H groups in total. The molecule has 0 bridgehead atoms. The minimum Gasteiger partial charge on any atom is -0.497 e. The fourth-order valence-electron chi connectivity index (χ4n) is 2.52. The first-order chi connectivity index (χ1) is 9.36. The first-order valence-corrected chi connectivity index (χ1v) is 7.09. The van der Waals surface area contributed by atoms with Gasteiger partial charge in [0.1, 0.15) is 10.2 Å². The normalized spacial score (nSPS) is 22.9. The zero-order chi connectivity index (χ0) is 14.9. The number of ether oxygens (including phenoxy) is 1. The van der Waals surface area contributed by atoms with E-state index in [1.54, 1.807) is 25.3 Å². The summed E-state index contributed by atoms with van der Waals surface area (Å²) in [6, 6.07) is 7.23. The maximum absolute atomic E-state index is 12.3. The molecule has 1 saturated carbocycles. The van der Waals surface area contributed by atoms with E-state index in [1.807, 2.05) is 26.0 Å². The van der Waals surface area contributed by atoms with Gasteiger partial charge in [0.05, 0.1) is 13.0 Å². The first kappa shape index (κ1) is 15.2. The molecule has 1 aliphatic rings. The lowest BCUT2D eigenvalue weighted by atomic mass is 10.1. The lowest BCUT2D eigenvalue weighted by molar-refractivity contribution is -0.118. The number of nitrogens with one attached hydrogen (secondary N) is 1. The van der Waals surface area contributed by atoms with E-state index in [2.05, 4.69) is 5.32 Å². The standard InChI is InChI=1S/C15H17Cl2NO2/c1-15(2)11(8-12(16)17)13(15)14(19)18-9-4-6-10(20-3)7-5-9/h4-8,11,13H,1-3H3,(H,18,19)/t11-,13-/m1/s1. The van der Waals surface area contributed by atoms with Gasteiger partial charge in [0, 0.05) is 5.69 Å². The molecular formula is C15H17Cl2NO2. The minimum atomic E-state index is -0.119. The Balaban J connectivity index is 2.04. The van der Waals surface area contributed by atoms with Gasteiger partial charge in [0.2, 0.25) is 5.91 Å². The molecule has 1 amide bonds. The van der Waals surface area contributed by atoms with Crippen LogP contribution >= 0.6 is 23.2 Å².